The summed E-state index contributed by atoms with van der Waals surface area (Å²) in [7, 11) is 1.94. The highest BCUT2D eigenvalue weighted by Crippen LogP contribution is 2.34. The molecule has 1 saturated carbocycles. The van der Waals surface area contributed by atoms with Crippen molar-refractivity contribution in [3.63, 3.8) is 0 Å². The number of rotatable bonds is 2. The second-order valence-corrected chi connectivity index (χ2v) is 7.34. The molecule has 1 N–H and O–H groups in total. The Hall–Kier alpha value is -2.08. The van der Waals surface area contributed by atoms with Crippen LogP contribution in [-0.2, 0) is 11.8 Å². The molecule has 134 valence electrons. The average Bonchev–Trinajstić information content (AvgIpc) is 2.72. The van der Waals surface area contributed by atoms with Gasteiger partial charge >= 0.3 is 6.03 Å². The number of carbonyl (C=O) groups is 1. The second-order valence-electron chi connectivity index (χ2n) is 7.34. The van der Waals surface area contributed by atoms with Crippen molar-refractivity contribution in [2.24, 2.45) is 18.9 Å². The maximum absolute atomic E-state index is 12.7. The Morgan fingerprint density at radius 3 is 2.92 bits per heavy atom. The molecule has 25 heavy (non-hydrogen) atoms. The molecular formula is C19H26N4O2. The number of nitrogens with zero attached hydrogens (tertiary/aromatic N) is 3. The van der Waals surface area contributed by atoms with Crippen LogP contribution >= 0.6 is 0 Å². The molecule has 2 amide bonds. The molecule has 2 fully saturated rings. The fourth-order valence-corrected chi connectivity index (χ4v) is 3.83. The predicted molar refractivity (Wildman–Crippen MR) is 97.7 cm³/mol. The molecule has 6 heteroatoms. The molecule has 2 aliphatic rings. The normalized spacial score (nSPS) is 21.8. The summed E-state index contributed by atoms with van der Waals surface area (Å²) in [5.41, 5.74) is 2.83. The van der Waals surface area contributed by atoms with Gasteiger partial charge in [0.15, 0.2) is 0 Å². The van der Waals surface area contributed by atoms with E-state index in [-0.39, 0.29) is 6.03 Å². The third kappa shape index (κ3) is 3.23. The van der Waals surface area contributed by atoms with Crippen LogP contribution in [0.2, 0.25) is 0 Å². The lowest BCUT2D eigenvalue weighted by molar-refractivity contribution is 0.0776. The Morgan fingerprint density at radius 2 is 2.16 bits per heavy atom. The topological polar surface area (TPSA) is 59.4 Å². The van der Waals surface area contributed by atoms with Gasteiger partial charge in [-0.15, -0.1) is 0 Å². The van der Waals surface area contributed by atoms with Crippen LogP contribution in [0.15, 0.2) is 18.2 Å². The quantitative estimate of drug-likeness (QED) is 0.912. The number of hydrogen-bond acceptors (Lipinski definition) is 3. The lowest BCUT2D eigenvalue weighted by Gasteiger charge is -2.34. The summed E-state index contributed by atoms with van der Waals surface area (Å²) in [6, 6.07) is 5.88. The van der Waals surface area contributed by atoms with Gasteiger partial charge in [-0.05, 0) is 31.0 Å². The number of amides is 2. The average molecular weight is 342 g/mol. The van der Waals surface area contributed by atoms with E-state index in [4.69, 9.17) is 4.74 Å². The van der Waals surface area contributed by atoms with Crippen LogP contribution in [-0.4, -0.2) is 47.0 Å². The fourth-order valence-electron chi connectivity index (χ4n) is 3.83. The summed E-state index contributed by atoms with van der Waals surface area (Å²) in [5.74, 6) is 1.20. The van der Waals surface area contributed by atoms with Crippen molar-refractivity contribution >= 4 is 22.6 Å². The van der Waals surface area contributed by atoms with Gasteiger partial charge in [0.2, 0.25) is 0 Å². The van der Waals surface area contributed by atoms with E-state index in [0.717, 1.165) is 41.4 Å². The van der Waals surface area contributed by atoms with Gasteiger partial charge in [-0.2, -0.15) is 5.10 Å². The van der Waals surface area contributed by atoms with E-state index in [1.807, 2.05) is 41.8 Å². The zero-order chi connectivity index (χ0) is 17.4. The van der Waals surface area contributed by atoms with Crippen LogP contribution in [0.25, 0.3) is 10.9 Å². The molecule has 4 rings (SSSR count). The number of aryl methyl sites for hydroxylation is 2. The summed E-state index contributed by atoms with van der Waals surface area (Å²) in [6.07, 6.45) is 3.87. The molecule has 0 radical (unpaired) electrons. The largest absolute Gasteiger partial charge is 0.379 e. The van der Waals surface area contributed by atoms with E-state index >= 15 is 0 Å². The van der Waals surface area contributed by atoms with Gasteiger partial charge in [0.25, 0.3) is 0 Å². The number of anilines is 1. The maximum atomic E-state index is 12.7. The number of benzene rings is 1. The summed E-state index contributed by atoms with van der Waals surface area (Å²) in [6.45, 7) is 4.90. The van der Waals surface area contributed by atoms with E-state index in [2.05, 4.69) is 10.4 Å². The van der Waals surface area contributed by atoms with E-state index < -0.39 is 0 Å². The van der Waals surface area contributed by atoms with E-state index in [1.54, 1.807) is 0 Å². The van der Waals surface area contributed by atoms with Gasteiger partial charge in [-0.3, -0.25) is 4.68 Å². The molecule has 0 bridgehead atoms. The Balaban J connectivity index is 1.46. The van der Waals surface area contributed by atoms with E-state index in [9.17, 15) is 4.79 Å². The van der Waals surface area contributed by atoms with Crippen molar-refractivity contribution in [1.29, 1.82) is 0 Å². The lowest BCUT2D eigenvalue weighted by Crippen LogP contribution is -2.41. The molecule has 2 heterocycles. The number of ether oxygens (including phenoxy) is 1. The highest BCUT2D eigenvalue weighted by Gasteiger charge is 2.31. The molecule has 1 aromatic heterocycles. The van der Waals surface area contributed by atoms with Crippen molar-refractivity contribution < 1.29 is 9.53 Å². The summed E-state index contributed by atoms with van der Waals surface area (Å²) in [4.78, 5) is 14.6. The monoisotopic (exact) mass is 342 g/mol. The number of aromatic nitrogens is 2. The van der Waals surface area contributed by atoms with Crippen molar-refractivity contribution in [2.75, 3.05) is 31.6 Å². The third-order valence-corrected chi connectivity index (χ3v) is 5.78. The number of carbonyl (C=O) groups excluding carboxylic acids is 1. The van der Waals surface area contributed by atoms with Gasteiger partial charge in [0.1, 0.15) is 0 Å². The van der Waals surface area contributed by atoms with Crippen LogP contribution in [0.1, 0.15) is 25.0 Å². The minimum absolute atomic E-state index is 0.0400. The first-order valence-corrected chi connectivity index (χ1v) is 9.19. The SMILES string of the molecule is Cc1c2ccc(NC(=O)N3CCOC[C@H](C4CCC4)C3)cc2nn1C. The van der Waals surface area contributed by atoms with Crippen LogP contribution in [0.5, 0.6) is 0 Å². The number of nitrogens with one attached hydrogen (secondary N) is 1. The smallest absolute Gasteiger partial charge is 0.321 e. The third-order valence-electron chi connectivity index (χ3n) is 5.78. The molecule has 1 saturated heterocycles. The predicted octanol–water partition coefficient (Wildman–Crippen LogP) is 3.16. The van der Waals surface area contributed by atoms with Crippen molar-refractivity contribution in [3.8, 4) is 0 Å². The molecule has 2 aromatic rings. The maximum Gasteiger partial charge on any atom is 0.321 e. The van der Waals surface area contributed by atoms with Crippen molar-refractivity contribution in [2.45, 2.75) is 26.2 Å². The number of fused-ring (bicyclic) bond motifs is 1. The molecular weight excluding hydrogens is 316 g/mol. The van der Waals surface area contributed by atoms with Crippen molar-refractivity contribution in [3.05, 3.63) is 23.9 Å². The first-order valence-electron chi connectivity index (χ1n) is 9.19. The molecule has 6 nitrogen and oxygen atoms in total. The van der Waals surface area contributed by atoms with Crippen LogP contribution < -0.4 is 5.32 Å². The van der Waals surface area contributed by atoms with Gasteiger partial charge in [-0.25, -0.2) is 4.79 Å². The number of hydrogen-bond donors (Lipinski definition) is 1. The zero-order valence-corrected chi connectivity index (χ0v) is 15.0. The first kappa shape index (κ1) is 16.4. The van der Waals surface area contributed by atoms with Crippen LogP contribution in [0.3, 0.4) is 0 Å². The summed E-state index contributed by atoms with van der Waals surface area (Å²) in [5, 5.41) is 8.65. The van der Waals surface area contributed by atoms with E-state index in [1.165, 1.54) is 19.3 Å². The Labute approximate surface area is 148 Å². The molecule has 0 spiro atoms. The molecule has 1 atom stereocenters. The van der Waals surface area contributed by atoms with Crippen LogP contribution in [0, 0.1) is 18.8 Å². The highest BCUT2D eigenvalue weighted by atomic mass is 16.5. The van der Waals surface area contributed by atoms with Crippen molar-refractivity contribution in [1.82, 2.24) is 14.7 Å². The van der Waals surface area contributed by atoms with E-state index in [0.29, 0.717) is 19.1 Å². The summed E-state index contributed by atoms with van der Waals surface area (Å²) >= 11 is 0. The Morgan fingerprint density at radius 1 is 1.32 bits per heavy atom. The highest BCUT2D eigenvalue weighted by molar-refractivity contribution is 5.93. The first-order chi connectivity index (χ1) is 12.1. The minimum atomic E-state index is -0.0400. The molecule has 1 aliphatic heterocycles. The van der Waals surface area contributed by atoms with Gasteiger partial charge in [-0.1, -0.05) is 19.3 Å². The number of urea groups is 1. The minimum Gasteiger partial charge on any atom is -0.379 e. The Kier molecular flexibility index (Phi) is 4.37. The molecule has 1 aromatic carbocycles. The summed E-state index contributed by atoms with van der Waals surface area (Å²) < 4.78 is 7.60. The van der Waals surface area contributed by atoms with Gasteiger partial charge in [0.05, 0.1) is 18.7 Å². The lowest BCUT2D eigenvalue weighted by atomic mass is 9.76. The van der Waals surface area contributed by atoms with Gasteiger partial charge < -0.3 is 15.0 Å². The van der Waals surface area contributed by atoms with Crippen LogP contribution in [0.4, 0.5) is 10.5 Å². The zero-order valence-electron chi connectivity index (χ0n) is 15.0. The second kappa shape index (κ2) is 6.67. The Bertz CT molecular complexity index is 781. The standard InChI is InChI=1S/C19H26N4O2/c1-13-17-7-6-16(10-18(17)21-22(13)2)20-19(24)23-8-9-25-12-15(11-23)14-4-3-5-14/h6-7,10,14-15H,3-5,8-9,11-12H2,1-2H3,(H,20,24)/t15-/m1/s1. The fraction of sp³-hybridized carbons (Fsp3) is 0.579. The molecule has 1 aliphatic carbocycles. The van der Waals surface area contributed by atoms with Gasteiger partial charge in [0, 0.05) is 42.8 Å². The molecule has 0 unspecified atom stereocenters.